The van der Waals surface area contributed by atoms with E-state index < -0.39 is 10.0 Å². The smallest absolute Gasteiger partial charge is 0.306 e. The molecule has 1 rings (SSSR count). The lowest BCUT2D eigenvalue weighted by molar-refractivity contribution is -0.141. The van der Waals surface area contributed by atoms with Crippen LogP contribution in [0.3, 0.4) is 0 Å². The van der Waals surface area contributed by atoms with Crippen LogP contribution in [-0.4, -0.2) is 68.7 Å². The van der Waals surface area contributed by atoms with Gasteiger partial charge in [-0.2, -0.15) is 4.31 Å². The lowest BCUT2D eigenvalue weighted by Crippen LogP contribution is -2.50. The Morgan fingerprint density at radius 1 is 1.22 bits per heavy atom. The molecule has 0 unspecified atom stereocenters. The van der Waals surface area contributed by atoms with Crippen LogP contribution in [0.1, 0.15) is 20.3 Å². The number of rotatable bonds is 5. The summed E-state index contributed by atoms with van der Waals surface area (Å²) in [5, 5.41) is -0.376. The van der Waals surface area contributed by atoms with Gasteiger partial charge in [0.25, 0.3) is 0 Å². The Morgan fingerprint density at radius 2 is 1.78 bits per heavy atom. The van der Waals surface area contributed by atoms with E-state index in [-0.39, 0.29) is 11.2 Å². The first-order valence-electron chi connectivity index (χ1n) is 6.16. The largest absolute Gasteiger partial charge is 0.469 e. The monoisotopic (exact) mass is 278 g/mol. The second-order valence-electron chi connectivity index (χ2n) is 4.66. The summed E-state index contributed by atoms with van der Waals surface area (Å²) in [7, 11) is -1.77. The number of hydrogen-bond donors (Lipinski definition) is 0. The molecule has 0 spiro atoms. The van der Waals surface area contributed by atoms with Gasteiger partial charge in [-0.15, -0.1) is 0 Å². The van der Waals surface area contributed by atoms with Gasteiger partial charge in [-0.1, -0.05) is 0 Å². The van der Waals surface area contributed by atoms with Crippen LogP contribution in [0.4, 0.5) is 0 Å². The van der Waals surface area contributed by atoms with Crippen LogP contribution in [0.5, 0.6) is 0 Å². The topological polar surface area (TPSA) is 66.9 Å². The number of nitrogens with zero attached hydrogens (tertiary/aromatic N) is 2. The van der Waals surface area contributed by atoms with Gasteiger partial charge in [-0.3, -0.25) is 4.79 Å². The molecule has 7 heteroatoms. The maximum Gasteiger partial charge on any atom is 0.306 e. The average molecular weight is 278 g/mol. The Bertz CT molecular complexity index is 373. The minimum Gasteiger partial charge on any atom is -0.469 e. The minimum atomic E-state index is -3.14. The molecule has 0 radical (unpaired) electrons. The molecule has 0 aromatic heterocycles. The Hall–Kier alpha value is -0.660. The van der Waals surface area contributed by atoms with Crippen molar-refractivity contribution in [1.82, 2.24) is 9.21 Å². The molecule has 18 heavy (non-hydrogen) atoms. The summed E-state index contributed by atoms with van der Waals surface area (Å²) in [5.41, 5.74) is 0. The van der Waals surface area contributed by atoms with Crippen molar-refractivity contribution in [3.05, 3.63) is 0 Å². The standard InChI is InChI=1S/C11H22N2O4S/c1-10(2)18(15,16)13-8-6-12(7-9-13)5-4-11(14)17-3/h10H,4-9H2,1-3H3. The highest BCUT2D eigenvalue weighted by Gasteiger charge is 2.29. The molecule has 106 valence electrons. The molecule has 1 saturated heterocycles. The Balaban J connectivity index is 2.40. The third-order valence-electron chi connectivity index (χ3n) is 3.15. The van der Waals surface area contributed by atoms with Crippen molar-refractivity contribution in [2.75, 3.05) is 39.8 Å². The molecular formula is C11H22N2O4S. The van der Waals surface area contributed by atoms with E-state index in [0.717, 1.165) is 0 Å². The van der Waals surface area contributed by atoms with Gasteiger partial charge in [0.05, 0.1) is 18.8 Å². The molecule has 0 atom stereocenters. The van der Waals surface area contributed by atoms with Gasteiger partial charge in [0.15, 0.2) is 0 Å². The van der Waals surface area contributed by atoms with Crippen LogP contribution in [0.25, 0.3) is 0 Å². The zero-order valence-corrected chi connectivity index (χ0v) is 12.1. The first kappa shape index (κ1) is 15.4. The van der Waals surface area contributed by atoms with E-state index in [4.69, 9.17) is 0 Å². The molecule has 0 amide bonds. The van der Waals surface area contributed by atoms with Gasteiger partial charge in [-0.25, -0.2) is 8.42 Å². The van der Waals surface area contributed by atoms with Gasteiger partial charge >= 0.3 is 5.97 Å². The summed E-state index contributed by atoms with van der Waals surface area (Å²) in [6.45, 7) is 6.36. The Labute approximate surface area is 109 Å². The van der Waals surface area contributed by atoms with Crippen molar-refractivity contribution in [3.63, 3.8) is 0 Å². The predicted octanol–water partition coefficient (Wildman–Crippen LogP) is -0.0947. The van der Waals surface area contributed by atoms with E-state index >= 15 is 0 Å². The number of carbonyl (C=O) groups excluding carboxylic acids is 1. The highest BCUT2D eigenvalue weighted by Crippen LogP contribution is 2.12. The normalized spacial score (nSPS) is 19.1. The van der Waals surface area contributed by atoms with E-state index in [2.05, 4.69) is 9.64 Å². The zero-order chi connectivity index (χ0) is 13.8. The van der Waals surface area contributed by atoms with E-state index in [1.807, 2.05) is 0 Å². The fourth-order valence-corrected chi connectivity index (χ4v) is 3.13. The molecule has 6 nitrogen and oxygen atoms in total. The number of hydrogen-bond acceptors (Lipinski definition) is 5. The number of carbonyl (C=O) groups is 1. The predicted molar refractivity (Wildman–Crippen MR) is 68.7 cm³/mol. The lowest BCUT2D eigenvalue weighted by atomic mass is 10.3. The zero-order valence-electron chi connectivity index (χ0n) is 11.3. The molecule has 1 aliphatic heterocycles. The number of methoxy groups -OCH3 is 1. The van der Waals surface area contributed by atoms with Crippen molar-refractivity contribution in [3.8, 4) is 0 Å². The fourth-order valence-electron chi connectivity index (χ4n) is 1.86. The van der Waals surface area contributed by atoms with E-state index in [1.54, 1.807) is 13.8 Å². The lowest BCUT2D eigenvalue weighted by Gasteiger charge is -2.34. The maximum absolute atomic E-state index is 11.9. The summed E-state index contributed by atoms with van der Waals surface area (Å²) in [6, 6.07) is 0. The molecule has 1 heterocycles. The maximum atomic E-state index is 11.9. The minimum absolute atomic E-state index is 0.229. The van der Waals surface area contributed by atoms with Crippen LogP contribution in [0.15, 0.2) is 0 Å². The molecule has 0 N–H and O–H groups in total. The van der Waals surface area contributed by atoms with Crippen molar-refractivity contribution in [2.45, 2.75) is 25.5 Å². The molecule has 0 bridgehead atoms. The highest BCUT2D eigenvalue weighted by molar-refractivity contribution is 7.89. The molecular weight excluding hydrogens is 256 g/mol. The van der Waals surface area contributed by atoms with E-state index in [0.29, 0.717) is 39.1 Å². The first-order chi connectivity index (χ1) is 8.37. The fraction of sp³-hybridized carbons (Fsp3) is 0.909. The summed E-state index contributed by atoms with van der Waals surface area (Å²) in [5.74, 6) is -0.229. The average Bonchev–Trinajstić information content (AvgIpc) is 2.36. The van der Waals surface area contributed by atoms with Gasteiger partial charge in [-0.05, 0) is 13.8 Å². The van der Waals surface area contributed by atoms with Crippen molar-refractivity contribution in [1.29, 1.82) is 0 Å². The second kappa shape index (κ2) is 6.49. The van der Waals surface area contributed by atoms with Crippen LogP contribution in [0.2, 0.25) is 0 Å². The third kappa shape index (κ3) is 3.93. The Kier molecular flexibility index (Phi) is 5.55. The summed E-state index contributed by atoms with van der Waals surface area (Å²) in [4.78, 5) is 13.1. The quantitative estimate of drug-likeness (QED) is 0.657. The van der Waals surface area contributed by atoms with Gasteiger partial charge in [0.1, 0.15) is 0 Å². The molecule has 1 fully saturated rings. The summed E-state index contributed by atoms with van der Waals surface area (Å²) in [6.07, 6.45) is 0.355. The Morgan fingerprint density at radius 3 is 2.22 bits per heavy atom. The second-order valence-corrected chi connectivity index (χ2v) is 7.15. The third-order valence-corrected chi connectivity index (χ3v) is 5.42. The molecule has 1 aliphatic rings. The number of esters is 1. The molecule has 0 aromatic rings. The summed E-state index contributed by atoms with van der Waals surface area (Å²) >= 11 is 0. The molecule has 0 aliphatic carbocycles. The number of ether oxygens (including phenoxy) is 1. The van der Waals surface area contributed by atoms with Crippen molar-refractivity contribution in [2.24, 2.45) is 0 Å². The SMILES string of the molecule is COC(=O)CCN1CCN(S(=O)(=O)C(C)C)CC1. The van der Waals surface area contributed by atoms with Gasteiger partial charge in [0.2, 0.25) is 10.0 Å². The van der Waals surface area contributed by atoms with E-state index in [1.165, 1.54) is 11.4 Å². The van der Waals surface area contributed by atoms with Crippen molar-refractivity contribution >= 4 is 16.0 Å². The van der Waals surface area contributed by atoms with Crippen LogP contribution < -0.4 is 0 Å². The summed E-state index contributed by atoms with van der Waals surface area (Å²) < 4.78 is 30.0. The van der Waals surface area contributed by atoms with E-state index in [9.17, 15) is 13.2 Å². The van der Waals surface area contributed by atoms with Gasteiger partial charge in [0, 0.05) is 32.7 Å². The van der Waals surface area contributed by atoms with Gasteiger partial charge < -0.3 is 9.64 Å². The van der Waals surface area contributed by atoms with Crippen LogP contribution in [0, 0.1) is 0 Å². The van der Waals surface area contributed by atoms with Crippen LogP contribution in [-0.2, 0) is 19.6 Å². The van der Waals surface area contributed by atoms with Crippen molar-refractivity contribution < 1.29 is 17.9 Å². The van der Waals surface area contributed by atoms with Crippen LogP contribution >= 0.6 is 0 Å². The molecule has 0 saturated carbocycles. The first-order valence-corrected chi connectivity index (χ1v) is 7.66. The number of piperazine rings is 1. The molecule has 0 aromatic carbocycles. The highest BCUT2D eigenvalue weighted by atomic mass is 32.2. The number of sulfonamides is 1.